The lowest BCUT2D eigenvalue weighted by Gasteiger charge is -2.00. The van der Waals surface area contributed by atoms with Crippen molar-refractivity contribution in [2.45, 2.75) is 0 Å². The van der Waals surface area contributed by atoms with Crippen molar-refractivity contribution < 1.29 is 14.6 Å². The summed E-state index contributed by atoms with van der Waals surface area (Å²) in [5.41, 5.74) is 7.47. The summed E-state index contributed by atoms with van der Waals surface area (Å²) < 4.78 is 6.54. The Labute approximate surface area is 129 Å². The highest BCUT2D eigenvalue weighted by Crippen LogP contribution is 2.26. The normalized spacial score (nSPS) is 10.6. The van der Waals surface area contributed by atoms with E-state index in [-0.39, 0.29) is 5.69 Å². The van der Waals surface area contributed by atoms with E-state index in [1.54, 1.807) is 13.2 Å². The molecule has 22 heavy (non-hydrogen) atoms. The van der Waals surface area contributed by atoms with E-state index in [0.29, 0.717) is 16.6 Å². The number of hydrogen-bond donors (Lipinski definition) is 2. The SMILES string of the molecule is COc1ccc(-c2cc(N)n(-c3nc(C(=O)O)cs3)n2)cc1. The number of benzene rings is 1. The number of carboxylic acids is 1. The summed E-state index contributed by atoms with van der Waals surface area (Å²) >= 11 is 1.17. The van der Waals surface area contributed by atoms with Crippen LogP contribution < -0.4 is 10.5 Å². The smallest absolute Gasteiger partial charge is 0.355 e. The Balaban J connectivity index is 1.97. The molecule has 0 aliphatic heterocycles. The zero-order chi connectivity index (χ0) is 15.7. The van der Waals surface area contributed by atoms with Gasteiger partial charge in [0.25, 0.3) is 0 Å². The van der Waals surface area contributed by atoms with Gasteiger partial charge in [-0.25, -0.2) is 9.78 Å². The van der Waals surface area contributed by atoms with Crippen LogP contribution in [-0.4, -0.2) is 33.0 Å². The Kier molecular flexibility index (Phi) is 3.51. The summed E-state index contributed by atoms with van der Waals surface area (Å²) in [4.78, 5) is 14.9. The number of nitrogen functional groups attached to an aromatic ring is 1. The van der Waals surface area contributed by atoms with E-state index in [4.69, 9.17) is 15.6 Å². The van der Waals surface area contributed by atoms with Crippen molar-refractivity contribution in [2.24, 2.45) is 0 Å². The van der Waals surface area contributed by atoms with E-state index >= 15 is 0 Å². The van der Waals surface area contributed by atoms with Crippen LogP contribution in [0.2, 0.25) is 0 Å². The number of thiazole rings is 1. The molecule has 0 atom stereocenters. The molecule has 0 spiro atoms. The number of ether oxygens (including phenoxy) is 1. The van der Waals surface area contributed by atoms with Gasteiger partial charge in [-0.2, -0.15) is 9.78 Å². The van der Waals surface area contributed by atoms with E-state index in [0.717, 1.165) is 11.3 Å². The molecule has 2 heterocycles. The number of nitrogens with zero attached hydrogens (tertiary/aromatic N) is 3. The number of aromatic carboxylic acids is 1. The predicted molar refractivity (Wildman–Crippen MR) is 82.6 cm³/mol. The van der Waals surface area contributed by atoms with Crippen molar-refractivity contribution in [3.05, 3.63) is 41.4 Å². The molecule has 1 aromatic carbocycles. The molecule has 0 bridgehead atoms. The van der Waals surface area contributed by atoms with Gasteiger partial charge in [0.1, 0.15) is 11.6 Å². The molecule has 0 aliphatic rings. The fourth-order valence-corrected chi connectivity index (χ4v) is 2.68. The van der Waals surface area contributed by atoms with Gasteiger partial charge in [0.2, 0.25) is 5.13 Å². The quantitative estimate of drug-likeness (QED) is 0.765. The van der Waals surface area contributed by atoms with E-state index in [2.05, 4.69) is 10.1 Å². The molecule has 0 fully saturated rings. The molecule has 0 amide bonds. The third kappa shape index (κ3) is 2.51. The summed E-state index contributed by atoms with van der Waals surface area (Å²) in [5, 5.41) is 15.2. The summed E-state index contributed by atoms with van der Waals surface area (Å²) in [6.45, 7) is 0. The second kappa shape index (κ2) is 5.49. The van der Waals surface area contributed by atoms with Crippen LogP contribution in [0.3, 0.4) is 0 Å². The highest BCUT2D eigenvalue weighted by molar-refractivity contribution is 7.12. The molecule has 2 aromatic heterocycles. The second-order valence-corrected chi connectivity index (χ2v) is 5.25. The molecule has 0 saturated heterocycles. The molecule has 8 heteroatoms. The largest absolute Gasteiger partial charge is 0.497 e. The van der Waals surface area contributed by atoms with Crippen molar-refractivity contribution in [3.63, 3.8) is 0 Å². The average Bonchev–Trinajstić information content (AvgIpc) is 3.14. The lowest BCUT2D eigenvalue weighted by Crippen LogP contribution is -2.03. The number of carboxylic acid groups (broad SMARTS) is 1. The van der Waals surface area contributed by atoms with E-state index in [9.17, 15) is 4.79 Å². The third-order valence-electron chi connectivity index (χ3n) is 3.02. The standard InChI is InChI=1S/C14H12N4O3S/c1-21-9-4-2-8(3-5-9)10-6-12(15)18(17-10)14-16-11(7-22-14)13(19)20/h2-7H,15H2,1H3,(H,19,20). The minimum absolute atomic E-state index is 0.0269. The van der Waals surface area contributed by atoms with Gasteiger partial charge >= 0.3 is 5.97 Å². The van der Waals surface area contributed by atoms with Gasteiger partial charge in [0.15, 0.2) is 5.69 Å². The van der Waals surface area contributed by atoms with Gasteiger partial charge in [-0.3, -0.25) is 0 Å². The van der Waals surface area contributed by atoms with Crippen molar-refractivity contribution in [3.8, 4) is 22.1 Å². The Morgan fingerprint density at radius 3 is 2.68 bits per heavy atom. The highest BCUT2D eigenvalue weighted by Gasteiger charge is 2.14. The summed E-state index contributed by atoms with van der Waals surface area (Å²) in [7, 11) is 1.60. The number of rotatable bonds is 4. The highest BCUT2D eigenvalue weighted by atomic mass is 32.1. The molecule has 0 saturated carbocycles. The molecular weight excluding hydrogens is 304 g/mol. The molecule has 0 aliphatic carbocycles. The van der Waals surface area contributed by atoms with Crippen LogP contribution in [-0.2, 0) is 0 Å². The summed E-state index contributed by atoms with van der Waals surface area (Å²) in [6, 6.07) is 9.11. The van der Waals surface area contributed by atoms with Gasteiger partial charge < -0.3 is 15.6 Å². The van der Waals surface area contributed by atoms with Crippen LogP contribution in [0.25, 0.3) is 16.4 Å². The van der Waals surface area contributed by atoms with E-state index in [1.807, 2.05) is 24.3 Å². The number of hydrogen-bond acceptors (Lipinski definition) is 6. The lowest BCUT2D eigenvalue weighted by atomic mass is 10.1. The molecule has 3 aromatic rings. The van der Waals surface area contributed by atoms with Gasteiger partial charge in [-0.1, -0.05) is 0 Å². The first kappa shape index (κ1) is 14.1. The Morgan fingerprint density at radius 2 is 2.09 bits per heavy atom. The number of carbonyl (C=O) groups is 1. The predicted octanol–water partition coefficient (Wildman–Crippen LogP) is 2.28. The first-order valence-electron chi connectivity index (χ1n) is 6.27. The van der Waals surface area contributed by atoms with Crippen molar-refractivity contribution in [1.29, 1.82) is 0 Å². The van der Waals surface area contributed by atoms with Crippen LogP contribution in [0, 0.1) is 0 Å². The van der Waals surface area contributed by atoms with Crippen molar-refractivity contribution in [2.75, 3.05) is 12.8 Å². The minimum Gasteiger partial charge on any atom is -0.497 e. The molecule has 3 N–H and O–H groups in total. The molecule has 0 unspecified atom stereocenters. The maximum atomic E-state index is 10.9. The summed E-state index contributed by atoms with van der Waals surface area (Å²) in [6.07, 6.45) is 0. The molecule has 112 valence electrons. The number of nitrogens with two attached hydrogens (primary N) is 1. The van der Waals surface area contributed by atoms with Gasteiger partial charge in [0, 0.05) is 17.0 Å². The van der Waals surface area contributed by atoms with Crippen LogP contribution in [0.15, 0.2) is 35.7 Å². The molecular formula is C14H12N4O3S. The molecule has 3 rings (SSSR count). The van der Waals surface area contributed by atoms with Gasteiger partial charge in [-0.15, -0.1) is 11.3 Å². The Bertz CT molecular complexity index is 823. The van der Waals surface area contributed by atoms with Crippen LogP contribution in [0.4, 0.5) is 5.82 Å². The van der Waals surface area contributed by atoms with Crippen molar-refractivity contribution in [1.82, 2.24) is 14.8 Å². The maximum absolute atomic E-state index is 10.9. The van der Waals surface area contributed by atoms with E-state index < -0.39 is 5.97 Å². The summed E-state index contributed by atoms with van der Waals surface area (Å²) in [5.74, 6) is 0.0582. The zero-order valence-electron chi connectivity index (χ0n) is 11.6. The lowest BCUT2D eigenvalue weighted by molar-refractivity contribution is 0.0691. The zero-order valence-corrected chi connectivity index (χ0v) is 12.4. The molecule has 7 nitrogen and oxygen atoms in total. The average molecular weight is 316 g/mol. The van der Waals surface area contributed by atoms with Crippen LogP contribution >= 0.6 is 11.3 Å². The topological polar surface area (TPSA) is 103 Å². The number of aromatic nitrogens is 3. The Hall–Kier alpha value is -2.87. The molecule has 0 radical (unpaired) electrons. The van der Waals surface area contributed by atoms with Crippen molar-refractivity contribution >= 4 is 23.1 Å². The first-order chi connectivity index (χ1) is 10.6. The minimum atomic E-state index is -1.08. The fraction of sp³-hybridized carbons (Fsp3) is 0.0714. The number of anilines is 1. The van der Waals surface area contributed by atoms with Gasteiger partial charge in [0.05, 0.1) is 12.8 Å². The number of methoxy groups -OCH3 is 1. The maximum Gasteiger partial charge on any atom is 0.355 e. The second-order valence-electron chi connectivity index (χ2n) is 4.42. The monoisotopic (exact) mass is 316 g/mol. The Morgan fingerprint density at radius 1 is 1.36 bits per heavy atom. The van der Waals surface area contributed by atoms with Crippen LogP contribution in [0.1, 0.15) is 10.5 Å². The first-order valence-corrected chi connectivity index (χ1v) is 7.15. The fourth-order valence-electron chi connectivity index (χ4n) is 1.91. The van der Waals surface area contributed by atoms with Gasteiger partial charge in [-0.05, 0) is 24.3 Å². The third-order valence-corrected chi connectivity index (χ3v) is 3.83. The van der Waals surface area contributed by atoms with Crippen LogP contribution in [0.5, 0.6) is 5.75 Å². The van der Waals surface area contributed by atoms with E-state index in [1.165, 1.54) is 21.4 Å².